The molecule has 1 N–H and O–H groups in total. The number of hydrogen-bond donors (Lipinski definition) is 1. The molecule has 3 rings (SSSR count). The summed E-state index contributed by atoms with van der Waals surface area (Å²) >= 11 is 8.33. The van der Waals surface area contributed by atoms with Crippen LogP contribution in [-0.4, -0.2) is 10.1 Å². The molecule has 2 heterocycles. The minimum Gasteiger partial charge on any atom is -0.338 e. The molecule has 14 heavy (non-hydrogen) atoms. The van der Waals surface area contributed by atoms with Crippen molar-refractivity contribution < 1.29 is 0 Å². The van der Waals surface area contributed by atoms with Crippen LogP contribution in [0, 0.1) is 0 Å². The number of nitrogens with zero attached hydrogens (tertiary/aromatic N) is 2. The highest BCUT2D eigenvalue weighted by Gasteiger charge is 2.08. The van der Waals surface area contributed by atoms with E-state index in [2.05, 4.69) is 30.9 Å². The minimum absolute atomic E-state index is 0.396. The van der Waals surface area contributed by atoms with Gasteiger partial charge in [-0.1, -0.05) is 15.9 Å². The molecule has 0 saturated carbocycles. The molecule has 0 fully saturated rings. The maximum Gasteiger partial charge on any atom is 0.221 e. The van der Waals surface area contributed by atoms with E-state index >= 15 is 0 Å². The molecule has 1 aromatic carbocycles. The van der Waals surface area contributed by atoms with Gasteiger partial charge in [0.1, 0.15) is 5.36 Å². The first kappa shape index (κ1) is 8.26. The second-order valence-corrected chi connectivity index (χ2v) is 4.30. The Hall–Kier alpha value is -1.07. The second kappa shape index (κ2) is 2.71. The summed E-state index contributed by atoms with van der Waals surface area (Å²) in [6.45, 7) is 0. The average molecular weight is 266 g/mol. The van der Waals surface area contributed by atoms with Crippen LogP contribution in [0.25, 0.3) is 10.9 Å². The molecule has 0 atom stereocenters. The third kappa shape index (κ3) is 1.06. The number of aromatic nitrogens is 1. The molecule has 0 aliphatic carbocycles. The van der Waals surface area contributed by atoms with Gasteiger partial charge in [-0.15, -0.1) is 0 Å². The van der Waals surface area contributed by atoms with E-state index in [4.69, 9.17) is 12.2 Å². The monoisotopic (exact) mass is 265 g/mol. The first-order valence-electron chi connectivity index (χ1n) is 4.03. The SMILES string of the molecule is S=C1N=c2[nH]c3ccc(Br)cc3c2=N1. The molecule has 0 unspecified atom stereocenters. The van der Waals surface area contributed by atoms with Crippen molar-refractivity contribution in [3.05, 3.63) is 33.5 Å². The highest BCUT2D eigenvalue weighted by Crippen LogP contribution is 2.14. The Morgan fingerprint density at radius 1 is 1.29 bits per heavy atom. The van der Waals surface area contributed by atoms with Gasteiger partial charge in [0, 0.05) is 15.4 Å². The van der Waals surface area contributed by atoms with Gasteiger partial charge in [0.15, 0.2) is 5.49 Å². The van der Waals surface area contributed by atoms with Crippen LogP contribution in [0.15, 0.2) is 32.7 Å². The van der Waals surface area contributed by atoms with Gasteiger partial charge < -0.3 is 4.98 Å². The van der Waals surface area contributed by atoms with E-state index in [1.807, 2.05) is 18.2 Å². The van der Waals surface area contributed by atoms with E-state index in [-0.39, 0.29) is 0 Å². The zero-order chi connectivity index (χ0) is 9.71. The van der Waals surface area contributed by atoms with Crippen molar-refractivity contribution in [2.24, 2.45) is 9.98 Å². The number of thiocarbonyl (C=S) groups is 1. The molecule has 0 spiro atoms. The molecule has 68 valence electrons. The van der Waals surface area contributed by atoms with Crippen LogP contribution in [0.2, 0.25) is 0 Å². The molecule has 0 bridgehead atoms. The predicted molar refractivity (Wildman–Crippen MR) is 60.9 cm³/mol. The zero-order valence-electron chi connectivity index (χ0n) is 6.91. The number of benzene rings is 1. The van der Waals surface area contributed by atoms with E-state index in [0.29, 0.717) is 5.11 Å². The van der Waals surface area contributed by atoms with Crippen LogP contribution in [-0.2, 0) is 0 Å². The predicted octanol–water partition coefficient (Wildman–Crippen LogP) is 1.47. The van der Waals surface area contributed by atoms with Gasteiger partial charge in [0.05, 0.1) is 0 Å². The fourth-order valence-corrected chi connectivity index (χ4v) is 2.09. The van der Waals surface area contributed by atoms with Crippen molar-refractivity contribution in [2.45, 2.75) is 0 Å². The molecular formula is C9H4BrN3S. The summed E-state index contributed by atoms with van der Waals surface area (Å²) in [5, 5.41) is 2.30. The summed E-state index contributed by atoms with van der Waals surface area (Å²) in [5.74, 6) is 0. The molecule has 0 radical (unpaired) electrons. The number of hydrogen-bond acceptors (Lipinski definition) is 1. The lowest BCUT2D eigenvalue weighted by Gasteiger charge is -1.90. The molecule has 1 aliphatic heterocycles. The maximum atomic E-state index is 4.91. The summed E-state index contributed by atoms with van der Waals surface area (Å²) in [4.78, 5) is 11.5. The van der Waals surface area contributed by atoms with Crippen molar-refractivity contribution in [1.82, 2.24) is 4.98 Å². The number of H-pyrrole nitrogens is 1. The number of rotatable bonds is 0. The fourth-order valence-electron chi connectivity index (χ4n) is 1.55. The maximum absolute atomic E-state index is 4.91. The van der Waals surface area contributed by atoms with E-state index in [9.17, 15) is 0 Å². The number of nitrogens with one attached hydrogen (secondary N) is 1. The molecule has 1 aliphatic rings. The average Bonchev–Trinajstić information content (AvgIpc) is 2.62. The Labute approximate surface area is 92.7 Å². The normalized spacial score (nSPS) is 13.9. The zero-order valence-corrected chi connectivity index (χ0v) is 9.32. The van der Waals surface area contributed by atoms with Gasteiger partial charge in [-0.2, -0.15) is 4.99 Å². The van der Waals surface area contributed by atoms with Crippen LogP contribution in [0.1, 0.15) is 0 Å². The van der Waals surface area contributed by atoms with Gasteiger partial charge in [-0.25, -0.2) is 4.99 Å². The lowest BCUT2D eigenvalue weighted by molar-refractivity contribution is 1.25. The summed E-state index contributed by atoms with van der Waals surface area (Å²) in [5.41, 5.74) is 1.80. The Morgan fingerprint density at radius 2 is 2.14 bits per heavy atom. The van der Waals surface area contributed by atoms with Gasteiger partial charge in [-0.3, -0.25) is 0 Å². The van der Waals surface area contributed by atoms with Crippen molar-refractivity contribution in [1.29, 1.82) is 0 Å². The largest absolute Gasteiger partial charge is 0.338 e. The van der Waals surface area contributed by atoms with Gasteiger partial charge in [0.25, 0.3) is 0 Å². The highest BCUT2D eigenvalue weighted by atomic mass is 79.9. The molecule has 2 aromatic rings. The van der Waals surface area contributed by atoms with Gasteiger partial charge in [0.2, 0.25) is 5.11 Å². The summed E-state index contributed by atoms with van der Waals surface area (Å²) in [6, 6.07) is 5.98. The standard InChI is InChI=1S/C9H4BrN3S/c10-4-1-2-6-5(3-4)7-8(11-6)13-9(14)12-7/h1-3H,(H,11,12,13,14). The van der Waals surface area contributed by atoms with Crippen molar-refractivity contribution >= 4 is 44.2 Å². The number of halogens is 1. The van der Waals surface area contributed by atoms with E-state index in [1.54, 1.807) is 0 Å². The van der Waals surface area contributed by atoms with Crippen molar-refractivity contribution in [3.8, 4) is 0 Å². The molecule has 5 heteroatoms. The summed E-state index contributed by atoms with van der Waals surface area (Å²) in [6.07, 6.45) is 0. The van der Waals surface area contributed by atoms with Crippen molar-refractivity contribution in [3.63, 3.8) is 0 Å². The van der Waals surface area contributed by atoms with Crippen LogP contribution in [0.4, 0.5) is 0 Å². The minimum atomic E-state index is 0.396. The van der Waals surface area contributed by atoms with Crippen molar-refractivity contribution in [2.75, 3.05) is 0 Å². The van der Waals surface area contributed by atoms with Gasteiger partial charge in [-0.05, 0) is 30.4 Å². The van der Waals surface area contributed by atoms with Gasteiger partial charge >= 0.3 is 0 Å². The quantitative estimate of drug-likeness (QED) is 0.721. The summed E-state index contributed by atoms with van der Waals surface area (Å²) < 4.78 is 1.03. The van der Waals surface area contributed by atoms with E-state index < -0.39 is 0 Å². The number of fused-ring (bicyclic) bond motifs is 3. The molecule has 1 aromatic heterocycles. The van der Waals surface area contributed by atoms with Crippen LogP contribution < -0.4 is 10.8 Å². The van der Waals surface area contributed by atoms with E-state index in [1.165, 1.54) is 0 Å². The molecule has 3 nitrogen and oxygen atoms in total. The highest BCUT2D eigenvalue weighted by molar-refractivity contribution is 9.10. The molecule has 0 saturated heterocycles. The molecular weight excluding hydrogens is 262 g/mol. The Balaban J connectivity index is 2.60. The fraction of sp³-hybridized carbons (Fsp3) is 0. The van der Waals surface area contributed by atoms with Crippen LogP contribution in [0.3, 0.4) is 0 Å². The van der Waals surface area contributed by atoms with Crippen LogP contribution in [0.5, 0.6) is 0 Å². The Bertz CT molecular complexity index is 671. The first-order valence-corrected chi connectivity index (χ1v) is 5.23. The van der Waals surface area contributed by atoms with E-state index in [0.717, 1.165) is 26.2 Å². The molecule has 0 amide bonds. The Morgan fingerprint density at radius 3 is 3.00 bits per heavy atom. The smallest absolute Gasteiger partial charge is 0.221 e. The third-order valence-corrected chi connectivity index (χ3v) is 2.80. The lowest BCUT2D eigenvalue weighted by Crippen LogP contribution is -2.18. The van der Waals surface area contributed by atoms with Crippen LogP contribution >= 0.6 is 28.1 Å². The first-order chi connectivity index (χ1) is 6.74. The topological polar surface area (TPSA) is 40.5 Å². The Kier molecular flexibility index (Phi) is 1.60. The summed E-state index contributed by atoms with van der Waals surface area (Å²) in [7, 11) is 0. The third-order valence-electron chi connectivity index (χ3n) is 2.13. The number of aromatic amines is 1. The lowest BCUT2D eigenvalue weighted by atomic mass is 10.2. The second-order valence-electron chi connectivity index (χ2n) is 3.02.